The zero-order valence-electron chi connectivity index (χ0n) is 18.8. The molecule has 2 heterocycles. The smallest absolute Gasteiger partial charge is 0.322 e. The first-order valence-corrected chi connectivity index (χ1v) is 11.8. The maximum Gasteiger partial charge on any atom is 0.322 e. The van der Waals surface area contributed by atoms with Crippen LogP contribution in [0.3, 0.4) is 0 Å². The second-order valence-electron chi connectivity index (χ2n) is 7.96. The number of halogens is 1. The van der Waals surface area contributed by atoms with Crippen LogP contribution in [0.15, 0.2) is 42.5 Å². The number of carbonyl (C=O) groups is 2. The Morgan fingerprint density at radius 2 is 2.03 bits per heavy atom. The summed E-state index contributed by atoms with van der Waals surface area (Å²) in [5.74, 6) is -0.575. The molecule has 10 heteroatoms. The largest absolute Gasteiger partial charge is 0.497 e. The zero-order valence-corrected chi connectivity index (χ0v) is 20.4. The molecule has 0 fully saturated rings. The van der Waals surface area contributed by atoms with E-state index in [1.54, 1.807) is 23.9 Å². The molecule has 2 aromatic heterocycles. The quantitative estimate of drug-likeness (QED) is 0.365. The van der Waals surface area contributed by atoms with Crippen LogP contribution in [0.5, 0.6) is 5.75 Å². The molecule has 0 unspecified atom stereocenters. The summed E-state index contributed by atoms with van der Waals surface area (Å²) in [6.45, 7) is 3.77. The number of hydrogen-bond donors (Lipinski definition) is 2. The van der Waals surface area contributed by atoms with Crippen molar-refractivity contribution in [2.24, 2.45) is 0 Å². The standard InChI is InChI=1S/C24H23ClN4O4S/c1-13(2)23-22(14-5-4-6-16(9-14)33-3)27-24(34-23)29-19-8-7-15(25)10-17(19)18(28-29)11-20(30)26-12-21(31)32/h4-10,13H,11-12H2,1-3H3,(H,26,30)(H,31,32). The molecule has 0 aliphatic carbocycles. The van der Waals surface area contributed by atoms with E-state index in [0.29, 0.717) is 21.2 Å². The number of aromatic nitrogens is 3. The lowest BCUT2D eigenvalue weighted by Gasteiger charge is -2.06. The highest BCUT2D eigenvalue weighted by Gasteiger charge is 2.21. The van der Waals surface area contributed by atoms with E-state index >= 15 is 0 Å². The number of amides is 1. The second-order valence-corrected chi connectivity index (χ2v) is 9.41. The zero-order chi connectivity index (χ0) is 24.4. The van der Waals surface area contributed by atoms with Crippen LogP contribution in [0.1, 0.15) is 30.3 Å². The highest BCUT2D eigenvalue weighted by atomic mass is 35.5. The van der Waals surface area contributed by atoms with Crippen LogP contribution >= 0.6 is 22.9 Å². The Bertz CT molecular complexity index is 1380. The van der Waals surface area contributed by atoms with Crippen molar-refractivity contribution >= 4 is 45.7 Å². The molecule has 0 spiro atoms. The highest BCUT2D eigenvalue weighted by Crippen LogP contribution is 2.37. The van der Waals surface area contributed by atoms with E-state index in [1.165, 1.54) is 11.3 Å². The molecular weight excluding hydrogens is 476 g/mol. The predicted octanol–water partition coefficient (Wildman–Crippen LogP) is 4.68. The van der Waals surface area contributed by atoms with Gasteiger partial charge in [-0.25, -0.2) is 9.67 Å². The Hall–Kier alpha value is -3.43. The number of nitrogens with zero attached hydrogens (tertiary/aromatic N) is 3. The van der Waals surface area contributed by atoms with Crippen molar-refractivity contribution in [1.29, 1.82) is 0 Å². The Morgan fingerprint density at radius 3 is 2.74 bits per heavy atom. The van der Waals surface area contributed by atoms with Gasteiger partial charge >= 0.3 is 5.97 Å². The Balaban J connectivity index is 1.80. The molecule has 0 saturated carbocycles. The number of carbonyl (C=O) groups excluding carboxylic acids is 1. The number of ether oxygens (including phenoxy) is 1. The molecule has 0 atom stereocenters. The average Bonchev–Trinajstić information content (AvgIpc) is 3.40. The first-order chi connectivity index (χ1) is 16.3. The lowest BCUT2D eigenvalue weighted by Crippen LogP contribution is -2.30. The van der Waals surface area contributed by atoms with E-state index in [2.05, 4.69) is 24.3 Å². The van der Waals surface area contributed by atoms with Gasteiger partial charge in [-0.05, 0) is 36.2 Å². The number of thiazole rings is 1. The van der Waals surface area contributed by atoms with Gasteiger partial charge in [-0.3, -0.25) is 9.59 Å². The van der Waals surface area contributed by atoms with Crippen molar-refractivity contribution in [3.05, 3.63) is 58.1 Å². The van der Waals surface area contributed by atoms with E-state index < -0.39 is 18.4 Å². The summed E-state index contributed by atoms with van der Waals surface area (Å²) in [7, 11) is 1.63. The fraction of sp³-hybridized carbons (Fsp3) is 0.250. The third kappa shape index (κ3) is 4.90. The van der Waals surface area contributed by atoms with Crippen molar-refractivity contribution in [1.82, 2.24) is 20.1 Å². The SMILES string of the molecule is COc1cccc(-c2nc(-n3nc(CC(=O)NCC(=O)O)c4cc(Cl)ccc43)sc2C(C)C)c1. The van der Waals surface area contributed by atoms with Crippen LogP contribution in [0.4, 0.5) is 0 Å². The first kappa shape index (κ1) is 23.7. The summed E-state index contributed by atoms with van der Waals surface area (Å²) in [5.41, 5.74) is 3.04. The number of nitrogens with one attached hydrogen (secondary N) is 1. The number of carboxylic acids is 1. The molecule has 0 radical (unpaired) electrons. The van der Waals surface area contributed by atoms with Crippen LogP contribution in [0, 0.1) is 0 Å². The van der Waals surface area contributed by atoms with Gasteiger partial charge in [-0.15, -0.1) is 0 Å². The van der Waals surface area contributed by atoms with Gasteiger partial charge in [0.1, 0.15) is 12.3 Å². The molecule has 2 aromatic carbocycles. The molecule has 4 aromatic rings. The Kier molecular flexibility index (Phi) is 6.85. The number of carboxylic acid groups (broad SMARTS) is 1. The minimum Gasteiger partial charge on any atom is -0.497 e. The van der Waals surface area contributed by atoms with Crippen LogP contribution in [-0.2, 0) is 16.0 Å². The van der Waals surface area contributed by atoms with Gasteiger partial charge in [0.2, 0.25) is 11.0 Å². The van der Waals surface area contributed by atoms with Gasteiger partial charge in [0.15, 0.2) is 0 Å². The van der Waals surface area contributed by atoms with Crippen molar-refractivity contribution in [3.63, 3.8) is 0 Å². The van der Waals surface area contributed by atoms with E-state index in [4.69, 9.17) is 26.4 Å². The van der Waals surface area contributed by atoms with Crippen molar-refractivity contribution < 1.29 is 19.4 Å². The molecule has 0 saturated heterocycles. The van der Waals surface area contributed by atoms with Gasteiger partial charge in [-0.1, -0.05) is 48.9 Å². The average molecular weight is 499 g/mol. The topological polar surface area (TPSA) is 106 Å². The summed E-state index contributed by atoms with van der Waals surface area (Å²) < 4.78 is 7.10. The summed E-state index contributed by atoms with van der Waals surface area (Å²) >= 11 is 7.76. The van der Waals surface area contributed by atoms with Crippen molar-refractivity contribution in [3.8, 4) is 22.1 Å². The summed E-state index contributed by atoms with van der Waals surface area (Å²) in [5, 5.41) is 17.8. The van der Waals surface area contributed by atoms with Crippen LogP contribution in [0.2, 0.25) is 5.02 Å². The maximum atomic E-state index is 12.3. The lowest BCUT2D eigenvalue weighted by molar-refractivity contribution is -0.137. The van der Waals surface area contributed by atoms with Gasteiger partial charge in [-0.2, -0.15) is 5.10 Å². The lowest BCUT2D eigenvalue weighted by atomic mass is 10.1. The molecule has 4 rings (SSSR count). The minimum absolute atomic E-state index is 0.0811. The Labute approximate surface area is 205 Å². The summed E-state index contributed by atoms with van der Waals surface area (Å²) in [6, 6.07) is 13.1. The molecule has 0 aliphatic heterocycles. The predicted molar refractivity (Wildman–Crippen MR) is 132 cm³/mol. The van der Waals surface area contributed by atoms with E-state index in [-0.39, 0.29) is 12.3 Å². The van der Waals surface area contributed by atoms with Crippen molar-refractivity contribution in [2.45, 2.75) is 26.2 Å². The number of hydrogen-bond acceptors (Lipinski definition) is 6. The van der Waals surface area contributed by atoms with Gasteiger partial charge in [0.25, 0.3) is 0 Å². The third-order valence-electron chi connectivity index (χ3n) is 5.17. The molecule has 1 amide bonds. The molecule has 8 nitrogen and oxygen atoms in total. The minimum atomic E-state index is -1.11. The highest BCUT2D eigenvalue weighted by molar-refractivity contribution is 7.14. The fourth-order valence-electron chi connectivity index (χ4n) is 3.60. The first-order valence-electron chi connectivity index (χ1n) is 10.6. The summed E-state index contributed by atoms with van der Waals surface area (Å²) in [4.78, 5) is 29.1. The molecule has 2 N–H and O–H groups in total. The van der Waals surface area contributed by atoms with Crippen LogP contribution in [-0.4, -0.2) is 45.4 Å². The van der Waals surface area contributed by atoms with Gasteiger partial charge < -0.3 is 15.2 Å². The number of benzene rings is 2. The second kappa shape index (κ2) is 9.82. The summed E-state index contributed by atoms with van der Waals surface area (Å²) in [6.07, 6.45) is -0.0811. The number of fused-ring (bicyclic) bond motifs is 1. The van der Waals surface area contributed by atoms with E-state index in [0.717, 1.165) is 27.4 Å². The van der Waals surface area contributed by atoms with E-state index in [9.17, 15) is 9.59 Å². The van der Waals surface area contributed by atoms with E-state index in [1.807, 2.05) is 30.3 Å². The number of aliphatic carboxylic acids is 1. The number of methoxy groups -OCH3 is 1. The molecule has 0 bridgehead atoms. The molecular formula is C24H23ClN4O4S. The van der Waals surface area contributed by atoms with Gasteiger partial charge in [0.05, 0.1) is 30.4 Å². The molecule has 34 heavy (non-hydrogen) atoms. The monoisotopic (exact) mass is 498 g/mol. The van der Waals surface area contributed by atoms with Crippen LogP contribution in [0.25, 0.3) is 27.3 Å². The normalized spacial score (nSPS) is 11.2. The third-order valence-corrected chi connectivity index (χ3v) is 6.74. The fourth-order valence-corrected chi connectivity index (χ4v) is 4.82. The molecule has 0 aliphatic rings. The van der Waals surface area contributed by atoms with Crippen molar-refractivity contribution in [2.75, 3.05) is 13.7 Å². The maximum absolute atomic E-state index is 12.3. The van der Waals surface area contributed by atoms with Crippen LogP contribution < -0.4 is 10.1 Å². The van der Waals surface area contributed by atoms with Gasteiger partial charge in [0, 0.05) is 20.8 Å². The molecule has 176 valence electrons. The Morgan fingerprint density at radius 1 is 1.24 bits per heavy atom. The number of rotatable bonds is 8.